The van der Waals surface area contributed by atoms with Gasteiger partial charge in [-0.3, -0.25) is 9.59 Å². The van der Waals surface area contributed by atoms with Crippen LogP contribution in [0.4, 0.5) is 31.1 Å². The van der Waals surface area contributed by atoms with Crippen molar-refractivity contribution in [3.8, 4) is 0 Å². The van der Waals surface area contributed by atoms with Crippen LogP contribution in [-0.4, -0.2) is 57.7 Å². The molecular formula is C25H32F6N2O6S. The molecule has 0 bridgehead atoms. The van der Waals surface area contributed by atoms with E-state index in [4.69, 9.17) is 9.47 Å². The largest absolute Gasteiger partial charge is 0.444 e. The lowest BCUT2D eigenvalue weighted by molar-refractivity contribution is -0.277. The highest BCUT2D eigenvalue weighted by atomic mass is 32.2. The maximum atomic E-state index is 14.6. The lowest BCUT2D eigenvalue weighted by atomic mass is 9.90. The van der Waals surface area contributed by atoms with Gasteiger partial charge in [-0.2, -0.15) is 30.7 Å². The zero-order chi connectivity index (χ0) is 30.4. The van der Waals surface area contributed by atoms with Gasteiger partial charge in [0.05, 0.1) is 9.73 Å². The topological polar surface area (TPSA) is 111 Å². The molecule has 1 aromatic rings. The molecule has 15 heteroatoms. The number of esters is 1. The number of halogens is 6. The molecule has 1 N–H and O–H groups in total. The molecule has 1 aliphatic rings. The molecule has 0 radical (unpaired) electrons. The first-order valence-electron chi connectivity index (χ1n) is 12.4. The monoisotopic (exact) mass is 602 g/mol. The quantitative estimate of drug-likeness (QED) is 0.206. The Kier molecular flexibility index (Phi) is 10.7. The second-order valence-corrected chi connectivity index (χ2v) is 12.9. The molecule has 40 heavy (non-hydrogen) atoms. The van der Waals surface area contributed by atoms with Gasteiger partial charge in [-0.25, -0.2) is 9.00 Å². The lowest BCUT2D eigenvalue weighted by Gasteiger charge is -2.36. The van der Waals surface area contributed by atoms with Crippen molar-refractivity contribution < 1.29 is 54.4 Å². The number of nitrogens with zero attached hydrogens (tertiary/aromatic N) is 1. The van der Waals surface area contributed by atoms with Gasteiger partial charge >= 0.3 is 24.4 Å². The third-order valence-electron chi connectivity index (χ3n) is 5.82. The molecule has 0 aromatic heterocycles. The Balaban J connectivity index is 2.25. The number of alkyl halides is 6. The minimum absolute atomic E-state index is 0.177. The highest BCUT2D eigenvalue weighted by Gasteiger charge is 2.59. The minimum Gasteiger partial charge on any atom is -0.444 e. The second-order valence-electron chi connectivity index (χ2n) is 10.3. The fraction of sp³-hybridized carbons (Fsp3) is 0.640. The number of nitrogens with one attached hydrogen (secondary N) is 1. The summed E-state index contributed by atoms with van der Waals surface area (Å²) in [6.07, 6.45) is -14.6. The Hall–Kier alpha value is -2.84. The third-order valence-corrected chi connectivity index (χ3v) is 8.05. The summed E-state index contributed by atoms with van der Waals surface area (Å²) in [4.78, 5) is 36.9. The first-order valence-corrected chi connectivity index (χ1v) is 14.3. The zero-order valence-corrected chi connectivity index (χ0v) is 23.0. The number of benzene rings is 1. The molecule has 2 amide bonds. The van der Waals surface area contributed by atoms with E-state index in [1.54, 1.807) is 20.8 Å². The average molecular weight is 603 g/mol. The van der Waals surface area contributed by atoms with Crippen molar-refractivity contribution in [2.75, 3.05) is 11.5 Å². The van der Waals surface area contributed by atoms with Crippen LogP contribution in [0.2, 0.25) is 0 Å². The summed E-state index contributed by atoms with van der Waals surface area (Å²) < 4.78 is 108. The van der Waals surface area contributed by atoms with Crippen molar-refractivity contribution in [2.45, 2.75) is 88.9 Å². The van der Waals surface area contributed by atoms with Crippen LogP contribution in [0.15, 0.2) is 34.7 Å². The molecule has 3 atom stereocenters. The maximum absolute atomic E-state index is 14.6. The summed E-state index contributed by atoms with van der Waals surface area (Å²) in [5.41, 5.74) is -4.63. The first-order chi connectivity index (χ1) is 18.3. The molecule has 0 aliphatic carbocycles. The van der Waals surface area contributed by atoms with Gasteiger partial charge in [0, 0.05) is 36.3 Å². The van der Waals surface area contributed by atoms with Gasteiger partial charge in [0.25, 0.3) is 5.91 Å². The highest BCUT2D eigenvalue weighted by molar-refractivity contribution is 7.93. The first kappa shape index (κ1) is 33.4. The number of unbranched alkanes of at least 4 members (excludes halogenated alkanes) is 1. The third kappa shape index (κ3) is 9.97. The van der Waals surface area contributed by atoms with E-state index < -0.39 is 94.3 Å². The minimum atomic E-state index is -5.22. The molecule has 8 nitrogen and oxygen atoms in total. The van der Waals surface area contributed by atoms with Crippen molar-refractivity contribution in [3.05, 3.63) is 35.9 Å². The zero-order valence-electron chi connectivity index (χ0n) is 22.2. The van der Waals surface area contributed by atoms with Gasteiger partial charge in [0.2, 0.25) is 5.60 Å². The number of carbonyl (C=O) groups is 3. The highest BCUT2D eigenvalue weighted by Crippen LogP contribution is 2.46. The van der Waals surface area contributed by atoms with Crippen LogP contribution in [0, 0.1) is 0 Å². The molecule has 226 valence electrons. The van der Waals surface area contributed by atoms with Gasteiger partial charge in [-0.1, -0.05) is 30.3 Å². The molecule has 1 heterocycles. The van der Waals surface area contributed by atoms with Crippen molar-refractivity contribution in [3.63, 3.8) is 0 Å². The molecule has 1 aromatic carbocycles. The smallest absolute Gasteiger partial charge is 0.432 e. The number of rotatable bonds is 10. The average Bonchev–Trinajstić information content (AvgIpc) is 2.79. The van der Waals surface area contributed by atoms with E-state index in [9.17, 15) is 44.9 Å². The predicted molar refractivity (Wildman–Crippen MR) is 132 cm³/mol. The van der Waals surface area contributed by atoms with Crippen molar-refractivity contribution >= 4 is 27.7 Å². The molecule has 2 rings (SSSR count). The molecule has 1 aliphatic heterocycles. The Morgan fingerprint density at radius 3 is 2.15 bits per heavy atom. The summed E-state index contributed by atoms with van der Waals surface area (Å²) in [6, 6.07) is 4.90. The number of carbonyl (C=O) groups excluding carboxylic acids is 3. The van der Waals surface area contributed by atoms with E-state index in [1.165, 1.54) is 18.2 Å². The summed E-state index contributed by atoms with van der Waals surface area (Å²) in [7, 11) is -3.55. The van der Waals surface area contributed by atoms with Gasteiger partial charge in [-0.15, -0.1) is 0 Å². The Bertz CT molecular complexity index is 1170. The second kappa shape index (κ2) is 12.8. The van der Waals surface area contributed by atoms with Gasteiger partial charge in [0.1, 0.15) is 11.6 Å². The number of hydrogen-bond acceptors (Lipinski definition) is 6. The number of ether oxygens (including phenoxy) is 2. The summed E-state index contributed by atoms with van der Waals surface area (Å²) in [5, 5.41) is 2.30. The van der Waals surface area contributed by atoms with E-state index in [2.05, 4.69) is 9.68 Å². The van der Waals surface area contributed by atoms with Crippen LogP contribution >= 0.6 is 0 Å². The Labute approximate surface area is 228 Å². The predicted octanol–water partition coefficient (Wildman–Crippen LogP) is 5.79. The van der Waals surface area contributed by atoms with Gasteiger partial charge in [-0.05, 0) is 40.0 Å². The van der Waals surface area contributed by atoms with E-state index in [1.807, 2.05) is 0 Å². The summed E-state index contributed by atoms with van der Waals surface area (Å²) >= 11 is 0. The molecular weight excluding hydrogens is 570 g/mol. The summed E-state index contributed by atoms with van der Waals surface area (Å²) in [6.45, 7) is 4.80. The van der Waals surface area contributed by atoms with Crippen LogP contribution in [0.5, 0.6) is 0 Å². The van der Waals surface area contributed by atoms with Crippen LogP contribution < -0.4 is 5.32 Å². The Morgan fingerprint density at radius 2 is 1.62 bits per heavy atom. The van der Waals surface area contributed by atoms with Crippen LogP contribution in [0.1, 0.15) is 64.9 Å². The van der Waals surface area contributed by atoms with Crippen molar-refractivity contribution in [1.82, 2.24) is 5.32 Å². The number of alkyl carbamates (subject to hydrolysis) is 1. The SMILES string of the molecule is CC(C)(C)OC(=O)N[C@H]1CC[S@@](=O)(CC[C@](OC(=O)CCCCC(F)(F)F)(c2ccccc2)C(F)(F)F)=NC1=O. The van der Waals surface area contributed by atoms with Crippen LogP contribution in [0.25, 0.3) is 0 Å². The standard InChI is InChI=1S/C25H32F6N2O6S/c1-22(2,3)39-21(36)32-18-12-15-40(37,33-20(18)35)16-14-23(25(29,30)31,17-9-5-4-6-10-17)38-19(34)11-7-8-13-24(26,27)28/h4-6,9-10,18H,7-8,11-16H2,1-3H3,(H,32,36)/t18-,23-,40+/m0/s1. The van der Waals surface area contributed by atoms with Crippen molar-refractivity contribution in [1.29, 1.82) is 0 Å². The van der Waals surface area contributed by atoms with Crippen LogP contribution in [-0.2, 0) is 34.4 Å². The molecule has 0 fully saturated rings. The van der Waals surface area contributed by atoms with Crippen molar-refractivity contribution in [2.24, 2.45) is 4.36 Å². The number of hydrogen-bond donors (Lipinski definition) is 1. The van der Waals surface area contributed by atoms with Crippen LogP contribution in [0.3, 0.4) is 0 Å². The molecule has 0 saturated carbocycles. The van der Waals surface area contributed by atoms with Gasteiger partial charge in [0.15, 0.2) is 0 Å². The normalized spacial score (nSPS) is 21.6. The molecule has 0 spiro atoms. The van der Waals surface area contributed by atoms with E-state index in [0.717, 1.165) is 12.1 Å². The van der Waals surface area contributed by atoms with E-state index >= 15 is 0 Å². The fourth-order valence-corrected chi connectivity index (χ4v) is 5.95. The van der Waals surface area contributed by atoms with E-state index in [-0.39, 0.29) is 18.6 Å². The number of amides is 2. The molecule has 0 saturated heterocycles. The van der Waals surface area contributed by atoms with Gasteiger partial charge < -0.3 is 14.8 Å². The lowest BCUT2D eigenvalue weighted by Crippen LogP contribution is -2.49. The molecule has 0 unspecified atom stereocenters. The Morgan fingerprint density at radius 1 is 1.00 bits per heavy atom. The summed E-state index contributed by atoms with van der Waals surface area (Å²) in [5.74, 6) is -3.49. The van der Waals surface area contributed by atoms with E-state index in [0.29, 0.717) is 0 Å². The maximum Gasteiger partial charge on any atom is 0.432 e. The fourth-order valence-electron chi connectivity index (χ4n) is 3.90.